The third-order valence-corrected chi connectivity index (χ3v) is 3.02. The van der Waals surface area contributed by atoms with Crippen molar-refractivity contribution in [2.24, 2.45) is 5.92 Å². The van der Waals surface area contributed by atoms with E-state index in [1.807, 2.05) is 11.7 Å². The first kappa shape index (κ1) is 14.5. The molecule has 0 radical (unpaired) electrons. The lowest BCUT2D eigenvalue weighted by molar-refractivity contribution is 0.181. The molecule has 1 aromatic heterocycles. The summed E-state index contributed by atoms with van der Waals surface area (Å²) in [6.07, 6.45) is 2.74. The molecule has 1 atom stereocenters. The lowest BCUT2D eigenvalue weighted by Gasteiger charge is -2.20. The van der Waals surface area contributed by atoms with Crippen LogP contribution in [-0.2, 0) is 11.3 Å². The summed E-state index contributed by atoms with van der Waals surface area (Å²) >= 11 is 6.22. The predicted molar refractivity (Wildman–Crippen MR) is 70.4 cm³/mol. The molecule has 0 bridgehead atoms. The van der Waals surface area contributed by atoms with E-state index < -0.39 is 0 Å². The van der Waals surface area contributed by atoms with Crippen LogP contribution < -0.4 is 5.32 Å². The zero-order valence-electron chi connectivity index (χ0n) is 11.0. The average molecular weight is 260 g/mol. The fraction of sp³-hybridized carbons (Fsp3) is 0.750. The standard InChI is InChI=1S/C12H22ClN3O/c1-9(2)7-11(14-3)12-10(13)8-15-16(12)5-6-17-4/h8-9,11,14H,5-7H2,1-4H3. The Kier molecular flexibility index (Phi) is 5.95. The minimum absolute atomic E-state index is 0.238. The molecule has 0 amide bonds. The number of halogens is 1. The predicted octanol–water partition coefficient (Wildman–Crippen LogP) is 2.49. The molecule has 1 aromatic rings. The topological polar surface area (TPSA) is 39.1 Å². The van der Waals surface area contributed by atoms with Gasteiger partial charge in [-0.15, -0.1) is 0 Å². The zero-order valence-corrected chi connectivity index (χ0v) is 11.8. The Hall–Kier alpha value is -0.580. The molecule has 0 saturated heterocycles. The van der Waals surface area contributed by atoms with Gasteiger partial charge in [0.15, 0.2) is 0 Å². The molecule has 0 aromatic carbocycles. The van der Waals surface area contributed by atoms with Crippen LogP contribution in [0.1, 0.15) is 32.0 Å². The Bertz CT molecular complexity index is 338. The third kappa shape index (κ3) is 3.98. The van der Waals surface area contributed by atoms with Crippen LogP contribution in [0, 0.1) is 5.92 Å². The summed E-state index contributed by atoms with van der Waals surface area (Å²) in [5, 5.41) is 8.32. The molecule has 1 N–H and O–H groups in total. The highest BCUT2D eigenvalue weighted by molar-refractivity contribution is 6.31. The van der Waals surface area contributed by atoms with Crippen molar-refractivity contribution in [2.45, 2.75) is 32.9 Å². The molecule has 0 aliphatic rings. The molecule has 1 unspecified atom stereocenters. The van der Waals surface area contributed by atoms with E-state index in [1.54, 1.807) is 13.3 Å². The van der Waals surface area contributed by atoms with Gasteiger partial charge in [0.05, 0.1) is 36.1 Å². The molecule has 4 nitrogen and oxygen atoms in total. The van der Waals surface area contributed by atoms with Crippen molar-refractivity contribution in [1.82, 2.24) is 15.1 Å². The van der Waals surface area contributed by atoms with Gasteiger partial charge in [0.25, 0.3) is 0 Å². The molecule has 1 heterocycles. The fourth-order valence-electron chi connectivity index (χ4n) is 1.91. The van der Waals surface area contributed by atoms with Crippen LogP contribution in [0.5, 0.6) is 0 Å². The Balaban J connectivity index is 2.88. The normalized spacial score (nSPS) is 13.3. The van der Waals surface area contributed by atoms with Crippen LogP contribution >= 0.6 is 11.6 Å². The molecule has 5 heteroatoms. The minimum Gasteiger partial charge on any atom is -0.383 e. The van der Waals surface area contributed by atoms with E-state index in [2.05, 4.69) is 24.3 Å². The molecule has 0 spiro atoms. The van der Waals surface area contributed by atoms with Gasteiger partial charge in [0.2, 0.25) is 0 Å². The third-order valence-electron chi connectivity index (χ3n) is 2.73. The molecule has 0 fully saturated rings. The maximum Gasteiger partial charge on any atom is 0.0834 e. The summed E-state index contributed by atoms with van der Waals surface area (Å²) in [5.74, 6) is 0.606. The van der Waals surface area contributed by atoms with Gasteiger partial charge in [-0.2, -0.15) is 5.10 Å². The minimum atomic E-state index is 0.238. The van der Waals surface area contributed by atoms with Crippen LogP contribution in [-0.4, -0.2) is 30.5 Å². The number of hydrogen-bond acceptors (Lipinski definition) is 3. The van der Waals surface area contributed by atoms with E-state index >= 15 is 0 Å². The van der Waals surface area contributed by atoms with E-state index in [9.17, 15) is 0 Å². The smallest absolute Gasteiger partial charge is 0.0834 e. The van der Waals surface area contributed by atoms with Crippen molar-refractivity contribution in [3.63, 3.8) is 0 Å². The van der Waals surface area contributed by atoms with Crippen LogP contribution in [0.3, 0.4) is 0 Å². The van der Waals surface area contributed by atoms with Crippen molar-refractivity contribution in [1.29, 1.82) is 0 Å². The van der Waals surface area contributed by atoms with Gasteiger partial charge in [-0.1, -0.05) is 25.4 Å². The van der Waals surface area contributed by atoms with Crippen LogP contribution in [0.4, 0.5) is 0 Å². The van der Waals surface area contributed by atoms with Gasteiger partial charge in [-0.3, -0.25) is 4.68 Å². The van der Waals surface area contributed by atoms with Crippen LogP contribution in [0.15, 0.2) is 6.20 Å². The molecule has 0 aliphatic heterocycles. The summed E-state index contributed by atoms with van der Waals surface area (Å²) in [6, 6.07) is 0.238. The summed E-state index contributed by atoms with van der Waals surface area (Å²) in [4.78, 5) is 0. The Morgan fingerprint density at radius 2 is 2.24 bits per heavy atom. The molecular formula is C12H22ClN3O. The Morgan fingerprint density at radius 3 is 2.76 bits per heavy atom. The summed E-state index contributed by atoms with van der Waals surface area (Å²) in [7, 11) is 3.64. The second kappa shape index (κ2) is 6.99. The maximum absolute atomic E-state index is 6.22. The highest BCUT2D eigenvalue weighted by atomic mass is 35.5. The average Bonchev–Trinajstić information content (AvgIpc) is 2.64. The quantitative estimate of drug-likeness (QED) is 0.818. The Morgan fingerprint density at radius 1 is 1.53 bits per heavy atom. The molecular weight excluding hydrogens is 238 g/mol. The van der Waals surface area contributed by atoms with E-state index in [4.69, 9.17) is 16.3 Å². The molecule has 17 heavy (non-hydrogen) atoms. The SMILES string of the molecule is CNC(CC(C)C)c1c(Cl)cnn1CCOC. The number of ether oxygens (including phenoxy) is 1. The highest BCUT2D eigenvalue weighted by Gasteiger charge is 2.19. The van der Waals surface area contributed by atoms with Crippen LogP contribution in [0.2, 0.25) is 5.02 Å². The number of hydrogen-bond donors (Lipinski definition) is 1. The first-order valence-corrected chi connectivity index (χ1v) is 6.35. The summed E-state index contributed by atoms with van der Waals surface area (Å²) in [6.45, 7) is 5.78. The van der Waals surface area contributed by atoms with E-state index in [-0.39, 0.29) is 6.04 Å². The molecule has 0 aliphatic carbocycles. The van der Waals surface area contributed by atoms with Crippen molar-refractivity contribution >= 4 is 11.6 Å². The number of methoxy groups -OCH3 is 1. The first-order chi connectivity index (χ1) is 8.10. The fourth-order valence-corrected chi connectivity index (χ4v) is 2.18. The lowest BCUT2D eigenvalue weighted by Crippen LogP contribution is -2.23. The van der Waals surface area contributed by atoms with Gasteiger partial charge >= 0.3 is 0 Å². The van der Waals surface area contributed by atoms with E-state index in [1.165, 1.54) is 0 Å². The van der Waals surface area contributed by atoms with E-state index in [0.717, 1.165) is 23.7 Å². The van der Waals surface area contributed by atoms with Crippen molar-refractivity contribution < 1.29 is 4.74 Å². The Labute approximate surface area is 108 Å². The van der Waals surface area contributed by atoms with Gasteiger partial charge < -0.3 is 10.1 Å². The number of aromatic nitrogens is 2. The summed E-state index contributed by atoms with van der Waals surface area (Å²) in [5.41, 5.74) is 1.06. The zero-order chi connectivity index (χ0) is 12.8. The monoisotopic (exact) mass is 259 g/mol. The lowest BCUT2D eigenvalue weighted by atomic mass is 10.0. The van der Waals surface area contributed by atoms with Crippen LogP contribution in [0.25, 0.3) is 0 Å². The van der Waals surface area contributed by atoms with Crippen molar-refractivity contribution in [3.8, 4) is 0 Å². The van der Waals surface area contributed by atoms with Gasteiger partial charge in [-0.05, 0) is 19.4 Å². The second-order valence-corrected chi connectivity index (χ2v) is 4.97. The second-order valence-electron chi connectivity index (χ2n) is 4.56. The number of rotatable bonds is 7. The van der Waals surface area contributed by atoms with Gasteiger partial charge in [0.1, 0.15) is 0 Å². The largest absolute Gasteiger partial charge is 0.383 e. The van der Waals surface area contributed by atoms with E-state index in [0.29, 0.717) is 12.5 Å². The molecule has 0 saturated carbocycles. The van der Waals surface area contributed by atoms with Crippen molar-refractivity contribution in [2.75, 3.05) is 20.8 Å². The maximum atomic E-state index is 6.22. The van der Waals surface area contributed by atoms with Gasteiger partial charge in [0, 0.05) is 7.11 Å². The molecule has 1 rings (SSSR count). The van der Waals surface area contributed by atoms with Gasteiger partial charge in [-0.25, -0.2) is 0 Å². The number of nitrogens with zero attached hydrogens (tertiary/aromatic N) is 2. The highest BCUT2D eigenvalue weighted by Crippen LogP contribution is 2.27. The number of nitrogens with one attached hydrogen (secondary N) is 1. The van der Waals surface area contributed by atoms with Crippen molar-refractivity contribution in [3.05, 3.63) is 16.9 Å². The first-order valence-electron chi connectivity index (χ1n) is 5.97. The summed E-state index contributed by atoms with van der Waals surface area (Å²) < 4.78 is 7.01. The molecule has 98 valence electrons.